The van der Waals surface area contributed by atoms with E-state index >= 15 is 0 Å². The number of ether oxygens (including phenoxy) is 1. The number of aliphatic hydroxyl groups is 1. The Hall–Kier alpha value is -2.24. The first-order chi connectivity index (χ1) is 17.7. The SMILES string of the molecule is C[C@@H](CO[Si](c1ccccc1)(c1ccccc1)C(C)(C)C)C[C@H](C)[C@@H](OCc1ccccc1)[C@@H](C)CO. The van der Waals surface area contributed by atoms with Gasteiger partial charge in [-0.2, -0.15) is 0 Å². The van der Waals surface area contributed by atoms with Crippen molar-refractivity contribution >= 4 is 18.7 Å². The summed E-state index contributed by atoms with van der Waals surface area (Å²) in [5.74, 6) is 0.720. The zero-order chi connectivity index (χ0) is 26.9. The van der Waals surface area contributed by atoms with Crippen molar-refractivity contribution in [3.8, 4) is 0 Å². The molecule has 0 saturated carbocycles. The molecule has 3 rings (SSSR count). The molecule has 0 amide bonds. The maximum Gasteiger partial charge on any atom is 0.261 e. The molecule has 0 heterocycles. The summed E-state index contributed by atoms with van der Waals surface area (Å²) in [6.07, 6.45) is 0.961. The maximum atomic E-state index is 9.94. The van der Waals surface area contributed by atoms with Crippen molar-refractivity contribution in [1.82, 2.24) is 0 Å². The highest BCUT2D eigenvalue weighted by Gasteiger charge is 2.50. The Morgan fingerprint density at radius 1 is 0.730 bits per heavy atom. The van der Waals surface area contributed by atoms with Crippen molar-refractivity contribution < 1.29 is 14.3 Å². The second-order valence-electron chi connectivity index (χ2n) is 11.7. The van der Waals surface area contributed by atoms with Crippen LogP contribution in [-0.2, 0) is 15.8 Å². The normalized spacial score (nSPS) is 15.6. The summed E-state index contributed by atoms with van der Waals surface area (Å²) in [6, 6.07) is 31.9. The predicted octanol–water partition coefficient (Wildman–Crippen LogP) is 6.44. The topological polar surface area (TPSA) is 38.7 Å². The second kappa shape index (κ2) is 13.5. The average molecular weight is 519 g/mol. The van der Waals surface area contributed by atoms with Crippen molar-refractivity contribution in [2.45, 2.75) is 65.7 Å². The molecule has 4 atom stereocenters. The summed E-state index contributed by atoms with van der Waals surface area (Å²) >= 11 is 0. The number of rotatable bonds is 13. The summed E-state index contributed by atoms with van der Waals surface area (Å²) in [6.45, 7) is 15.0. The van der Waals surface area contributed by atoms with Crippen LogP contribution in [0.25, 0.3) is 0 Å². The molecule has 3 aromatic carbocycles. The van der Waals surface area contributed by atoms with E-state index < -0.39 is 8.32 Å². The minimum atomic E-state index is -2.55. The number of hydrogen-bond acceptors (Lipinski definition) is 3. The van der Waals surface area contributed by atoms with Gasteiger partial charge in [-0.1, -0.05) is 133 Å². The van der Waals surface area contributed by atoms with Crippen LogP contribution in [0.3, 0.4) is 0 Å². The van der Waals surface area contributed by atoms with Crippen LogP contribution in [-0.4, -0.2) is 32.7 Å². The lowest BCUT2D eigenvalue weighted by Gasteiger charge is -2.43. The molecule has 0 bridgehead atoms. The van der Waals surface area contributed by atoms with Gasteiger partial charge in [0.2, 0.25) is 0 Å². The van der Waals surface area contributed by atoms with Crippen molar-refractivity contribution in [3.63, 3.8) is 0 Å². The standard InChI is InChI=1S/C33H46O3Si/c1-26(22-27(2)32(28(3)23-34)35-25-29-16-10-7-11-17-29)24-36-37(33(4,5)6,30-18-12-8-13-19-30)31-20-14-9-15-21-31/h7-21,26-28,32,34H,22-25H2,1-6H3/t26-,27+,28+,32-/m1/s1. The summed E-state index contributed by atoms with van der Waals surface area (Å²) in [7, 11) is -2.55. The third-order valence-electron chi connectivity index (χ3n) is 7.47. The van der Waals surface area contributed by atoms with Gasteiger partial charge < -0.3 is 14.3 Å². The van der Waals surface area contributed by atoms with E-state index in [1.54, 1.807) is 0 Å². The molecule has 0 aromatic heterocycles. The van der Waals surface area contributed by atoms with Crippen LogP contribution in [0.5, 0.6) is 0 Å². The summed E-state index contributed by atoms with van der Waals surface area (Å²) < 4.78 is 13.6. The third-order valence-corrected chi connectivity index (χ3v) is 12.5. The van der Waals surface area contributed by atoms with Crippen LogP contribution in [0.2, 0.25) is 5.04 Å². The van der Waals surface area contributed by atoms with Crippen molar-refractivity contribution in [1.29, 1.82) is 0 Å². The molecule has 1 N–H and O–H groups in total. The van der Waals surface area contributed by atoms with Crippen LogP contribution in [0.15, 0.2) is 91.0 Å². The lowest BCUT2D eigenvalue weighted by Crippen LogP contribution is -2.66. The summed E-state index contributed by atoms with van der Waals surface area (Å²) in [5, 5.41) is 12.5. The molecular formula is C33H46O3Si. The number of aliphatic hydroxyl groups excluding tert-OH is 1. The Morgan fingerprint density at radius 2 is 1.22 bits per heavy atom. The van der Waals surface area contributed by atoms with Gasteiger partial charge in [0.15, 0.2) is 0 Å². The highest BCUT2D eigenvalue weighted by atomic mass is 28.4. The van der Waals surface area contributed by atoms with Crippen molar-refractivity contribution in [2.75, 3.05) is 13.2 Å². The van der Waals surface area contributed by atoms with E-state index in [0.29, 0.717) is 25.0 Å². The molecule has 3 nitrogen and oxygen atoms in total. The van der Waals surface area contributed by atoms with E-state index in [1.807, 2.05) is 18.2 Å². The minimum Gasteiger partial charge on any atom is -0.407 e. The number of hydrogen-bond donors (Lipinski definition) is 1. The predicted molar refractivity (Wildman–Crippen MR) is 158 cm³/mol. The van der Waals surface area contributed by atoms with Gasteiger partial charge in [-0.15, -0.1) is 0 Å². The first-order valence-corrected chi connectivity index (χ1v) is 15.6. The Morgan fingerprint density at radius 3 is 1.68 bits per heavy atom. The average Bonchev–Trinajstić information content (AvgIpc) is 2.90. The first-order valence-electron chi connectivity index (χ1n) is 13.7. The molecule has 200 valence electrons. The fraction of sp³-hybridized carbons (Fsp3) is 0.455. The Labute approximate surface area is 226 Å². The molecule has 0 spiro atoms. The van der Waals surface area contributed by atoms with Gasteiger partial charge >= 0.3 is 0 Å². The molecule has 0 radical (unpaired) electrons. The van der Waals surface area contributed by atoms with Gasteiger partial charge in [0.1, 0.15) is 0 Å². The van der Waals surface area contributed by atoms with Crippen molar-refractivity contribution in [2.24, 2.45) is 17.8 Å². The highest BCUT2D eigenvalue weighted by Crippen LogP contribution is 2.37. The molecule has 0 aliphatic carbocycles. The zero-order valence-electron chi connectivity index (χ0n) is 23.6. The second-order valence-corrected chi connectivity index (χ2v) is 16.0. The molecule has 3 aromatic rings. The van der Waals surface area contributed by atoms with Crippen LogP contribution < -0.4 is 10.4 Å². The van der Waals surface area contributed by atoms with Gasteiger partial charge in [0, 0.05) is 19.1 Å². The van der Waals surface area contributed by atoms with E-state index in [9.17, 15) is 5.11 Å². The zero-order valence-corrected chi connectivity index (χ0v) is 24.6. The fourth-order valence-electron chi connectivity index (χ4n) is 5.63. The van der Waals surface area contributed by atoms with Gasteiger partial charge in [0.25, 0.3) is 8.32 Å². The van der Waals surface area contributed by atoms with Gasteiger partial charge in [-0.25, -0.2) is 0 Å². The largest absolute Gasteiger partial charge is 0.407 e. The van der Waals surface area contributed by atoms with Crippen LogP contribution in [0, 0.1) is 17.8 Å². The number of benzene rings is 3. The minimum absolute atomic E-state index is 0.0134. The van der Waals surface area contributed by atoms with E-state index in [-0.39, 0.29) is 23.7 Å². The van der Waals surface area contributed by atoms with E-state index in [2.05, 4.69) is 114 Å². The first kappa shape index (κ1) is 29.3. The maximum absolute atomic E-state index is 9.94. The molecule has 4 heteroatoms. The molecule has 0 unspecified atom stereocenters. The van der Waals surface area contributed by atoms with E-state index in [0.717, 1.165) is 12.0 Å². The highest BCUT2D eigenvalue weighted by molar-refractivity contribution is 6.99. The Kier molecular flexibility index (Phi) is 10.7. The lowest BCUT2D eigenvalue weighted by atomic mass is 9.87. The lowest BCUT2D eigenvalue weighted by molar-refractivity contribution is -0.0475. The van der Waals surface area contributed by atoms with Gasteiger partial charge in [-0.3, -0.25) is 0 Å². The Balaban J connectivity index is 1.77. The van der Waals surface area contributed by atoms with E-state index in [4.69, 9.17) is 9.16 Å². The summed E-state index contributed by atoms with van der Waals surface area (Å²) in [4.78, 5) is 0. The molecule has 37 heavy (non-hydrogen) atoms. The molecule has 0 aliphatic heterocycles. The molecule has 0 fully saturated rings. The van der Waals surface area contributed by atoms with E-state index in [1.165, 1.54) is 10.4 Å². The van der Waals surface area contributed by atoms with Gasteiger partial charge in [-0.05, 0) is 39.2 Å². The molecule has 0 saturated heterocycles. The van der Waals surface area contributed by atoms with Crippen molar-refractivity contribution in [3.05, 3.63) is 96.6 Å². The van der Waals surface area contributed by atoms with Crippen LogP contribution >= 0.6 is 0 Å². The molecule has 0 aliphatic rings. The molecular weight excluding hydrogens is 472 g/mol. The van der Waals surface area contributed by atoms with Gasteiger partial charge in [0.05, 0.1) is 12.7 Å². The van der Waals surface area contributed by atoms with Crippen LogP contribution in [0.1, 0.15) is 53.5 Å². The Bertz CT molecular complexity index is 994. The monoisotopic (exact) mass is 518 g/mol. The smallest absolute Gasteiger partial charge is 0.261 e. The summed E-state index contributed by atoms with van der Waals surface area (Å²) in [5.41, 5.74) is 1.16. The quantitative estimate of drug-likeness (QED) is 0.265. The third kappa shape index (κ3) is 7.42. The van der Waals surface area contributed by atoms with Crippen LogP contribution in [0.4, 0.5) is 0 Å². The fourth-order valence-corrected chi connectivity index (χ4v) is 10.3.